The molecule has 0 amide bonds. The van der Waals surface area contributed by atoms with Crippen LogP contribution in [-0.2, 0) is 14.2 Å². The Morgan fingerprint density at radius 3 is 2.90 bits per heavy atom. The molecule has 4 atom stereocenters. The van der Waals surface area contributed by atoms with E-state index in [2.05, 4.69) is 32.1 Å². The largest absolute Gasteiger partial charge is 0.378 e. The Hall–Kier alpha value is -0.640. The topological polar surface area (TPSA) is 31.0 Å². The Morgan fingerprint density at radius 2 is 2.14 bits per heavy atom. The van der Waals surface area contributed by atoms with E-state index < -0.39 is 0 Å². The molecule has 0 aromatic heterocycles. The second-order valence-electron chi connectivity index (χ2n) is 6.91. The summed E-state index contributed by atoms with van der Waals surface area (Å²) < 4.78 is 17.2. The van der Waals surface area contributed by atoms with E-state index in [1.807, 2.05) is 0 Å². The van der Waals surface area contributed by atoms with Crippen LogP contribution >= 0.6 is 0 Å². The van der Waals surface area contributed by atoms with Gasteiger partial charge in [0.25, 0.3) is 0 Å². The molecular formula is C18H28O3. The molecule has 0 aromatic carbocycles. The van der Waals surface area contributed by atoms with Gasteiger partial charge < -0.3 is 14.2 Å². The van der Waals surface area contributed by atoms with E-state index in [4.69, 9.17) is 14.2 Å². The zero-order valence-corrected chi connectivity index (χ0v) is 13.3. The summed E-state index contributed by atoms with van der Waals surface area (Å²) in [7, 11) is 0. The van der Waals surface area contributed by atoms with Crippen LogP contribution in [-0.4, -0.2) is 37.6 Å². The number of hydrogen-bond acceptors (Lipinski definition) is 3. The maximum Gasteiger partial charge on any atom is 0.0966 e. The van der Waals surface area contributed by atoms with Crippen molar-refractivity contribution in [2.24, 2.45) is 5.92 Å². The zero-order valence-electron chi connectivity index (χ0n) is 13.3. The Bertz CT molecular complexity index is 409. The molecule has 0 aliphatic carbocycles. The van der Waals surface area contributed by atoms with E-state index >= 15 is 0 Å². The van der Waals surface area contributed by atoms with E-state index in [0.29, 0.717) is 12.0 Å². The molecule has 3 heteroatoms. The van der Waals surface area contributed by atoms with Gasteiger partial charge in [-0.05, 0) is 32.1 Å². The lowest BCUT2D eigenvalue weighted by Gasteiger charge is -2.28. The van der Waals surface area contributed by atoms with Gasteiger partial charge in [-0.3, -0.25) is 0 Å². The van der Waals surface area contributed by atoms with Crippen LogP contribution in [0.4, 0.5) is 0 Å². The number of ether oxygens (including phenoxy) is 3. The monoisotopic (exact) mass is 292 g/mol. The van der Waals surface area contributed by atoms with Crippen LogP contribution < -0.4 is 0 Å². The Labute approximate surface area is 128 Å². The first-order valence-electron chi connectivity index (χ1n) is 8.39. The number of hydrogen-bond donors (Lipinski definition) is 0. The van der Waals surface area contributed by atoms with E-state index in [-0.39, 0.29) is 11.7 Å². The summed E-state index contributed by atoms with van der Waals surface area (Å²) in [5, 5.41) is 0. The van der Waals surface area contributed by atoms with Crippen molar-refractivity contribution in [1.29, 1.82) is 0 Å². The smallest absolute Gasteiger partial charge is 0.0966 e. The average molecular weight is 292 g/mol. The first-order valence-corrected chi connectivity index (χ1v) is 8.39. The van der Waals surface area contributed by atoms with Crippen LogP contribution in [0.1, 0.15) is 46.0 Å². The molecule has 0 radical (unpaired) electrons. The molecule has 3 heterocycles. The molecule has 0 saturated carbocycles. The van der Waals surface area contributed by atoms with E-state index in [1.54, 1.807) is 0 Å². The third-order valence-electron chi connectivity index (χ3n) is 5.03. The molecule has 3 aliphatic rings. The molecule has 3 nitrogen and oxygen atoms in total. The zero-order chi connectivity index (χ0) is 14.7. The lowest BCUT2D eigenvalue weighted by Crippen LogP contribution is -2.30. The second-order valence-corrected chi connectivity index (χ2v) is 6.91. The number of rotatable bonds is 4. The number of epoxide rings is 1. The van der Waals surface area contributed by atoms with Gasteiger partial charge in [0.05, 0.1) is 31.0 Å². The third kappa shape index (κ3) is 4.18. The summed E-state index contributed by atoms with van der Waals surface area (Å²) in [6.45, 7) is 7.14. The molecule has 118 valence electrons. The van der Waals surface area contributed by atoms with Crippen LogP contribution in [0.2, 0.25) is 0 Å². The van der Waals surface area contributed by atoms with Gasteiger partial charge in [0.1, 0.15) is 0 Å². The third-order valence-corrected chi connectivity index (χ3v) is 5.03. The van der Waals surface area contributed by atoms with E-state index in [0.717, 1.165) is 39.1 Å². The van der Waals surface area contributed by atoms with Crippen LogP contribution in [0.3, 0.4) is 0 Å². The first kappa shape index (κ1) is 15.3. The van der Waals surface area contributed by atoms with Crippen LogP contribution in [0.15, 0.2) is 23.8 Å². The highest BCUT2D eigenvalue weighted by Gasteiger charge is 2.48. The van der Waals surface area contributed by atoms with Crippen molar-refractivity contribution in [3.63, 3.8) is 0 Å². The second kappa shape index (κ2) is 6.64. The van der Waals surface area contributed by atoms with Gasteiger partial charge in [-0.1, -0.05) is 30.7 Å². The Morgan fingerprint density at radius 1 is 1.29 bits per heavy atom. The van der Waals surface area contributed by atoms with Crippen molar-refractivity contribution in [2.45, 2.75) is 63.8 Å². The van der Waals surface area contributed by atoms with Crippen molar-refractivity contribution >= 4 is 0 Å². The van der Waals surface area contributed by atoms with Crippen LogP contribution in [0, 0.1) is 5.92 Å². The van der Waals surface area contributed by atoms with E-state index in [9.17, 15) is 0 Å². The highest BCUT2D eigenvalue weighted by molar-refractivity contribution is 5.18. The van der Waals surface area contributed by atoms with Gasteiger partial charge in [0.15, 0.2) is 0 Å². The quantitative estimate of drug-likeness (QED) is 0.585. The fraction of sp³-hybridized carbons (Fsp3) is 0.778. The molecule has 3 saturated heterocycles. The summed E-state index contributed by atoms with van der Waals surface area (Å²) in [6, 6.07) is 0. The van der Waals surface area contributed by atoms with Gasteiger partial charge in [0.2, 0.25) is 0 Å². The molecule has 0 N–H and O–H groups in total. The summed E-state index contributed by atoms with van der Waals surface area (Å²) >= 11 is 0. The minimum absolute atomic E-state index is 0.163. The minimum Gasteiger partial charge on any atom is -0.378 e. The molecule has 3 aliphatic heterocycles. The summed E-state index contributed by atoms with van der Waals surface area (Å²) in [5.41, 5.74) is 1.47. The minimum atomic E-state index is 0.163. The van der Waals surface area contributed by atoms with Crippen molar-refractivity contribution in [3.8, 4) is 0 Å². The van der Waals surface area contributed by atoms with Crippen molar-refractivity contribution in [1.82, 2.24) is 0 Å². The van der Waals surface area contributed by atoms with Gasteiger partial charge in [0, 0.05) is 19.4 Å². The molecular weight excluding hydrogens is 264 g/mol. The van der Waals surface area contributed by atoms with E-state index in [1.165, 1.54) is 18.4 Å². The Balaban J connectivity index is 1.47. The lowest BCUT2D eigenvalue weighted by molar-refractivity contribution is -0.0178. The van der Waals surface area contributed by atoms with Crippen LogP contribution in [0.5, 0.6) is 0 Å². The molecule has 4 unspecified atom stereocenters. The summed E-state index contributed by atoms with van der Waals surface area (Å²) in [6.07, 6.45) is 12.9. The highest BCUT2D eigenvalue weighted by atomic mass is 16.6. The Kier molecular flexibility index (Phi) is 4.82. The van der Waals surface area contributed by atoms with Crippen LogP contribution in [0.25, 0.3) is 0 Å². The SMILES string of the molecule is CC(/C=C/C1CC2(CCO1)CO2)=C\CC1OCCCC1C. The van der Waals surface area contributed by atoms with Gasteiger partial charge >= 0.3 is 0 Å². The maximum atomic E-state index is 5.86. The molecule has 1 spiro atoms. The molecule has 0 bridgehead atoms. The maximum absolute atomic E-state index is 5.86. The van der Waals surface area contributed by atoms with Crippen molar-refractivity contribution in [3.05, 3.63) is 23.8 Å². The van der Waals surface area contributed by atoms with Gasteiger partial charge in [-0.25, -0.2) is 0 Å². The average Bonchev–Trinajstić information content (AvgIpc) is 3.23. The van der Waals surface area contributed by atoms with Gasteiger partial charge in [-0.15, -0.1) is 0 Å². The molecule has 0 aromatic rings. The predicted octanol–water partition coefficient (Wildman–Crippen LogP) is 3.64. The predicted molar refractivity (Wildman–Crippen MR) is 83.3 cm³/mol. The first-order chi connectivity index (χ1) is 10.2. The summed E-state index contributed by atoms with van der Waals surface area (Å²) in [4.78, 5) is 0. The molecule has 3 fully saturated rings. The fourth-order valence-electron chi connectivity index (χ4n) is 3.33. The van der Waals surface area contributed by atoms with Gasteiger partial charge in [-0.2, -0.15) is 0 Å². The summed E-state index contributed by atoms with van der Waals surface area (Å²) in [5.74, 6) is 0.681. The highest BCUT2D eigenvalue weighted by Crippen LogP contribution is 2.39. The lowest BCUT2D eigenvalue weighted by atomic mass is 9.93. The fourth-order valence-corrected chi connectivity index (χ4v) is 3.33. The van der Waals surface area contributed by atoms with Crippen molar-refractivity contribution < 1.29 is 14.2 Å². The normalized spacial score (nSPS) is 40.9. The number of allylic oxidation sites excluding steroid dienone is 2. The molecule has 21 heavy (non-hydrogen) atoms. The standard InChI is InChI=1S/C18H28O3/c1-14(6-8-17-15(2)4-3-10-20-17)5-7-16-12-18(13-21-18)9-11-19-16/h5-7,15-17H,3-4,8-13H2,1-2H3/b7-5+,14-6+. The molecule has 3 rings (SSSR count). The van der Waals surface area contributed by atoms with Crippen molar-refractivity contribution in [2.75, 3.05) is 19.8 Å².